The zero-order valence-electron chi connectivity index (χ0n) is 11.9. The van der Waals surface area contributed by atoms with Crippen LogP contribution in [-0.2, 0) is 20.8 Å². The highest BCUT2D eigenvalue weighted by Crippen LogP contribution is 2.06. The molecule has 0 atom stereocenters. The van der Waals surface area contributed by atoms with E-state index in [0.29, 0.717) is 17.1 Å². The van der Waals surface area contributed by atoms with Crippen LogP contribution >= 0.6 is 0 Å². The predicted molar refractivity (Wildman–Crippen MR) is 72.4 cm³/mol. The fourth-order valence-electron chi connectivity index (χ4n) is 2.25. The highest BCUT2D eigenvalue weighted by Gasteiger charge is 2.26. The van der Waals surface area contributed by atoms with Gasteiger partial charge in [0.2, 0.25) is 17.7 Å². The molecule has 8 nitrogen and oxygen atoms in total. The van der Waals surface area contributed by atoms with E-state index in [1.165, 1.54) is 4.90 Å². The summed E-state index contributed by atoms with van der Waals surface area (Å²) in [6.07, 6.45) is 0.273. The van der Waals surface area contributed by atoms with Crippen molar-refractivity contribution in [3.63, 3.8) is 0 Å². The van der Waals surface area contributed by atoms with E-state index >= 15 is 0 Å². The van der Waals surface area contributed by atoms with Crippen LogP contribution < -0.4 is 10.9 Å². The minimum atomic E-state index is -0.495. The Bertz CT molecular complexity index is 649. The minimum absolute atomic E-state index is 0.0508. The van der Waals surface area contributed by atoms with E-state index in [1.54, 1.807) is 13.8 Å². The SMILES string of the molecule is Cc1nc(C)c(CCC(=O)N2CC(=O)NC(=O)C2)c(=O)[nH]1. The lowest BCUT2D eigenvalue weighted by molar-refractivity contribution is -0.145. The number of carbonyl (C=O) groups excluding carboxylic acids is 3. The Morgan fingerprint density at radius 3 is 2.38 bits per heavy atom. The first-order chi connectivity index (χ1) is 9.86. The Kier molecular flexibility index (Phi) is 4.15. The molecule has 0 spiro atoms. The molecule has 2 rings (SSSR count). The van der Waals surface area contributed by atoms with Gasteiger partial charge in [-0.3, -0.25) is 24.5 Å². The molecule has 8 heteroatoms. The van der Waals surface area contributed by atoms with Gasteiger partial charge < -0.3 is 9.88 Å². The Morgan fingerprint density at radius 1 is 1.19 bits per heavy atom. The maximum atomic E-state index is 12.0. The first kappa shape index (κ1) is 14.9. The lowest BCUT2D eigenvalue weighted by Crippen LogP contribution is -2.53. The van der Waals surface area contributed by atoms with Crippen LogP contribution in [0.1, 0.15) is 23.5 Å². The first-order valence-electron chi connectivity index (χ1n) is 6.53. The van der Waals surface area contributed by atoms with Crippen LogP contribution in [0.4, 0.5) is 0 Å². The van der Waals surface area contributed by atoms with E-state index in [4.69, 9.17) is 0 Å². The molecule has 1 aromatic heterocycles. The van der Waals surface area contributed by atoms with Gasteiger partial charge in [0.05, 0.1) is 0 Å². The molecule has 1 aromatic rings. The monoisotopic (exact) mass is 292 g/mol. The van der Waals surface area contributed by atoms with Crippen LogP contribution in [0, 0.1) is 13.8 Å². The van der Waals surface area contributed by atoms with Gasteiger partial charge in [-0.1, -0.05) is 0 Å². The molecule has 0 bridgehead atoms. The molecule has 2 heterocycles. The van der Waals surface area contributed by atoms with Crippen molar-refractivity contribution in [1.82, 2.24) is 20.2 Å². The van der Waals surface area contributed by atoms with E-state index in [1.807, 2.05) is 0 Å². The second-order valence-corrected chi connectivity index (χ2v) is 4.94. The molecule has 0 aromatic carbocycles. The van der Waals surface area contributed by atoms with Gasteiger partial charge in [-0.05, 0) is 20.3 Å². The summed E-state index contributed by atoms with van der Waals surface area (Å²) in [5, 5.41) is 2.13. The van der Waals surface area contributed by atoms with Crippen molar-refractivity contribution in [1.29, 1.82) is 0 Å². The van der Waals surface area contributed by atoms with Crippen molar-refractivity contribution in [2.75, 3.05) is 13.1 Å². The Labute approximate surface area is 120 Å². The zero-order valence-corrected chi connectivity index (χ0v) is 11.9. The molecule has 3 amide bonds. The van der Waals surface area contributed by atoms with Crippen molar-refractivity contribution in [2.45, 2.75) is 26.7 Å². The Morgan fingerprint density at radius 2 is 1.81 bits per heavy atom. The van der Waals surface area contributed by atoms with Gasteiger partial charge >= 0.3 is 0 Å². The standard InChI is InChI=1S/C13H16N4O4/c1-7-9(13(21)15-8(2)14-7)3-4-12(20)17-5-10(18)16-11(19)6-17/h3-6H2,1-2H3,(H,14,15,21)(H,16,18,19). The summed E-state index contributed by atoms with van der Waals surface area (Å²) in [6, 6.07) is 0. The highest BCUT2D eigenvalue weighted by atomic mass is 16.2. The number of aryl methyl sites for hydroxylation is 2. The third kappa shape index (κ3) is 3.53. The van der Waals surface area contributed by atoms with Crippen molar-refractivity contribution >= 4 is 17.7 Å². The lowest BCUT2D eigenvalue weighted by Gasteiger charge is -2.25. The number of H-pyrrole nitrogens is 1. The number of nitrogens with zero attached hydrogens (tertiary/aromatic N) is 2. The molecule has 0 aliphatic carbocycles. The Balaban J connectivity index is 2.03. The number of hydrogen-bond donors (Lipinski definition) is 2. The normalized spacial score (nSPS) is 15.0. The molecule has 21 heavy (non-hydrogen) atoms. The summed E-state index contributed by atoms with van der Waals surface area (Å²) in [7, 11) is 0. The number of imide groups is 1. The van der Waals surface area contributed by atoms with Crippen LogP contribution in [0.2, 0.25) is 0 Å². The molecule has 1 saturated heterocycles. The summed E-state index contributed by atoms with van der Waals surface area (Å²) < 4.78 is 0. The average molecular weight is 292 g/mol. The highest BCUT2D eigenvalue weighted by molar-refractivity contribution is 6.02. The van der Waals surface area contributed by atoms with Gasteiger partial charge in [-0.25, -0.2) is 4.98 Å². The van der Waals surface area contributed by atoms with Crippen LogP contribution in [-0.4, -0.2) is 45.7 Å². The van der Waals surface area contributed by atoms with E-state index < -0.39 is 11.8 Å². The van der Waals surface area contributed by atoms with E-state index in [9.17, 15) is 19.2 Å². The topological polar surface area (TPSA) is 112 Å². The minimum Gasteiger partial charge on any atom is -0.324 e. The number of amides is 3. The van der Waals surface area contributed by atoms with Crippen LogP contribution in [0.5, 0.6) is 0 Å². The number of aromatic nitrogens is 2. The molecule has 112 valence electrons. The molecule has 2 N–H and O–H groups in total. The number of carbonyl (C=O) groups is 3. The summed E-state index contributed by atoms with van der Waals surface area (Å²) in [4.78, 5) is 54.2. The molecule has 1 fully saturated rings. The fraction of sp³-hybridized carbons (Fsp3) is 0.462. The molecular formula is C13H16N4O4. The quantitative estimate of drug-likeness (QED) is 0.680. The number of nitrogens with one attached hydrogen (secondary N) is 2. The molecular weight excluding hydrogens is 276 g/mol. The lowest BCUT2D eigenvalue weighted by atomic mass is 10.1. The van der Waals surface area contributed by atoms with Gasteiger partial charge in [0.25, 0.3) is 5.56 Å². The van der Waals surface area contributed by atoms with Gasteiger partial charge in [0.15, 0.2) is 0 Å². The first-order valence-corrected chi connectivity index (χ1v) is 6.53. The zero-order chi connectivity index (χ0) is 15.6. The molecule has 1 aliphatic heterocycles. The van der Waals surface area contributed by atoms with Gasteiger partial charge in [0.1, 0.15) is 18.9 Å². The number of piperazine rings is 1. The van der Waals surface area contributed by atoms with Crippen LogP contribution in [0.15, 0.2) is 4.79 Å². The van der Waals surface area contributed by atoms with Gasteiger partial charge in [-0.15, -0.1) is 0 Å². The van der Waals surface area contributed by atoms with Crippen molar-refractivity contribution in [3.8, 4) is 0 Å². The second-order valence-electron chi connectivity index (χ2n) is 4.94. The smallest absolute Gasteiger partial charge is 0.254 e. The van der Waals surface area contributed by atoms with Crippen LogP contribution in [0.3, 0.4) is 0 Å². The maximum absolute atomic E-state index is 12.0. The van der Waals surface area contributed by atoms with E-state index in [2.05, 4.69) is 15.3 Å². The van der Waals surface area contributed by atoms with Crippen molar-refractivity contribution in [2.24, 2.45) is 0 Å². The largest absolute Gasteiger partial charge is 0.324 e. The third-order valence-corrected chi connectivity index (χ3v) is 3.23. The van der Waals surface area contributed by atoms with Gasteiger partial charge in [-0.2, -0.15) is 0 Å². The summed E-state index contributed by atoms with van der Waals surface area (Å²) >= 11 is 0. The fourth-order valence-corrected chi connectivity index (χ4v) is 2.25. The molecule has 1 aliphatic rings. The summed E-state index contributed by atoms with van der Waals surface area (Å²) in [5.41, 5.74) is 0.763. The van der Waals surface area contributed by atoms with Crippen molar-refractivity contribution in [3.05, 3.63) is 27.4 Å². The molecule has 0 unspecified atom stereocenters. The predicted octanol–water partition coefficient (Wildman–Crippen LogP) is -1.20. The number of hydrogen-bond acceptors (Lipinski definition) is 5. The summed E-state index contributed by atoms with van der Waals surface area (Å²) in [6.45, 7) is 3.12. The third-order valence-electron chi connectivity index (χ3n) is 3.23. The van der Waals surface area contributed by atoms with Crippen LogP contribution in [0.25, 0.3) is 0 Å². The number of rotatable bonds is 3. The van der Waals surface area contributed by atoms with E-state index in [-0.39, 0.29) is 37.4 Å². The summed E-state index contributed by atoms with van der Waals surface area (Å²) in [5.74, 6) is -0.806. The second kappa shape index (κ2) is 5.86. The maximum Gasteiger partial charge on any atom is 0.254 e. The number of aromatic amines is 1. The van der Waals surface area contributed by atoms with Gasteiger partial charge in [0, 0.05) is 17.7 Å². The van der Waals surface area contributed by atoms with E-state index in [0.717, 1.165) is 0 Å². The molecule has 0 radical (unpaired) electrons. The van der Waals surface area contributed by atoms with Crippen molar-refractivity contribution < 1.29 is 14.4 Å². The Hall–Kier alpha value is -2.51. The average Bonchev–Trinajstić information content (AvgIpc) is 2.35. The molecule has 0 saturated carbocycles.